The monoisotopic (exact) mass is 399 g/mol. The summed E-state index contributed by atoms with van der Waals surface area (Å²) in [6.45, 7) is 2.86. The number of hydrogen-bond acceptors (Lipinski definition) is 3. The van der Waals surface area contributed by atoms with Gasteiger partial charge in [0.15, 0.2) is 5.78 Å². The van der Waals surface area contributed by atoms with Gasteiger partial charge in [-0.2, -0.15) is 0 Å². The van der Waals surface area contributed by atoms with E-state index in [4.69, 9.17) is 4.74 Å². The Morgan fingerprint density at radius 1 is 0.967 bits per heavy atom. The first kappa shape index (κ1) is 19.9. The van der Waals surface area contributed by atoms with Crippen molar-refractivity contribution in [1.29, 1.82) is 0 Å². The molecular formula is C26H25NO3. The Labute approximate surface area is 176 Å². The van der Waals surface area contributed by atoms with Gasteiger partial charge in [-0.3, -0.25) is 9.59 Å². The number of unbranched alkanes of at least 4 members (excludes halogenated alkanes) is 1. The minimum atomic E-state index is -0.209. The number of carbonyl (C=O) groups excluding carboxylic acids is 2. The minimum absolute atomic E-state index is 0.0785. The van der Waals surface area contributed by atoms with Crippen molar-refractivity contribution in [1.82, 2.24) is 0 Å². The predicted octanol–water partition coefficient (Wildman–Crippen LogP) is 5.91. The number of anilines is 1. The van der Waals surface area contributed by atoms with Gasteiger partial charge in [-0.25, -0.2) is 0 Å². The molecule has 0 atom stereocenters. The third-order valence-corrected chi connectivity index (χ3v) is 5.41. The number of rotatable bonds is 7. The number of carbonyl (C=O) groups is 2. The summed E-state index contributed by atoms with van der Waals surface area (Å²) in [6, 6.07) is 20.9. The highest BCUT2D eigenvalue weighted by atomic mass is 16.5. The lowest BCUT2D eigenvalue weighted by Crippen LogP contribution is -2.14. The zero-order valence-corrected chi connectivity index (χ0v) is 17.1. The van der Waals surface area contributed by atoms with Crippen molar-refractivity contribution in [2.75, 3.05) is 11.9 Å². The van der Waals surface area contributed by atoms with E-state index in [-0.39, 0.29) is 11.7 Å². The second-order valence-corrected chi connectivity index (χ2v) is 7.48. The van der Waals surface area contributed by atoms with E-state index in [1.165, 1.54) is 0 Å². The van der Waals surface area contributed by atoms with Crippen molar-refractivity contribution in [2.24, 2.45) is 0 Å². The number of ketones is 1. The van der Waals surface area contributed by atoms with Gasteiger partial charge in [0, 0.05) is 17.5 Å². The summed E-state index contributed by atoms with van der Waals surface area (Å²) >= 11 is 0. The van der Waals surface area contributed by atoms with Crippen molar-refractivity contribution in [2.45, 2.75) is 32.6 Å². The Hall–Kier alpha value is -3.40. The van der Waals surface area contributed by atoms with Crippen molar-refractivity contribution >= 4 is 17.4 Å². The van der Waals surface area contributed by atoms with Gasteiger partial charge in [-0.15, -0.1) is 0 Å². The van der Waals surface area contributed by atoms with Gasteiger partial charge in [0.2, 0.25) is 0 Å². The molecule has 0 heterocycles. The Kier molecular flexibility index (Phi) is 5.94. The molecule has 0 aliphatic heterocycles. The first-order chi connectivity index (χ1) is 14.7. The molecule has 30 heavy (non-hydrogen) atoms. The minimum Gasteiger partial charge on any atom is -0.494 e. The lowest BCUT2D eigenvalue weighted by molar-refractivity contribution is 0.0995. The number of nitrogens with one attached hydrogen (secondary N) is 1. The zero-order valence-electron chi connectivity index (χ0n) is 17.1. The van der Waals surface area contributed by atoms with E-state index in [0.29, 0.717) is 29.7 Å². The van der Waals surface area contributed by atoms with Crippen molar-refractivity contribution in [3.63, 3.8) is 0 Å². The SMILES string of the molecule is CCCCOc1ccc(-c2ccc(NC(=O)c3ccccc3)c3c2CCC3=O)cc1. The molecule has 0 spiro atoms. The summed E-state index contributed by atoms with van der Waals surface area (Å²) in [5, 5.41) is 2.93. The molecule has 0 fully saturated rings. The summed E-state index contributed by atoms with van der Waals surface area (Å²) in [5.74, 6) is 0.722. The van der Waals surface area contributed by atoms with Crippen LogP contribution < -0.4 is 10.1 Å². The number of benzene rings is 3. The van der Waals surface area contributed by atoms with Crippen LogP contribution in [0.25, 0.3) is 11.1 Å². The van der Waals surface area contributed by atoms with Crippen LogP contribution >= 0.6 is 0 Å². The van der Waals surface area contributed by atoms with Crippen LogP contribution in [0.15, 0.2) is 66.7 Å². The van der Waals surface area contributed by atoms with Crippen LogP contribution in [0.5, 0.6) is 5.75 Å². The maximum absolute atomic E-state index is 12.6. The summed E-state index contributed by atoms with van der Waals surface area (Å²) < 4.78 is 5.75. The van der Waals surface area contributed by atoms with Gasteiger partial charge in [0.1, 0.15) is 5.75 Å². The Morgan fingerprint density at radius 2 is 1.73 bits per heavy atom. The highest BCUT2D eigenvalue weighted by Gasteiger charge is 2.27. The van der Waals surface area contributed by atoms with Crippen molar-refractivity contribution in [3.05, 3.63) is 83.4 Å². The molecule has 0 saturated heterocycles. The van der Waals surface area contributed by atoms with Gasteiger partial charge in [0.25, 0.3) is 5.91 Å². The van der Waals surface area contributed by atoms with Crippen molar-refractivity contribution in [3.8, 4) is 16.9 Å². The number of ether oxygens (including phenoxy) is 1. The maximum Gasteiger partial charge on any atom is 0.255 e. The zero-order chi connectivity index (χ0) is 20.9. The van der Waals surface area contributed by atoms with E-state index in [1.807, 2.05) is 54.6 Å². The third kappa shape index (κ3) is 4.13. The number of Topliss-reactive ketones (excluding diaryl/α,β-unsaturated/α-hetero) is 1. The molecule has 0 radical (unpaired) electrons. The summed E-state index contributed by atoms with van der Waals surface area (Å²) in [7, 11) is 0. The molecule has 3 aromatic carbocycles. The topological polar surface area (TPSA) is 55.4 Å². The molecule has 0 bridgehead atoms. The summed E-state index contributed by atoms with van der Waals surface area (Å²) in [4.78, 5) is 25.2. The molecule has 0 aromatic heterocycles. The van der Waals surface area contributed by atoms with Crippen LogP contribution in [0.2, 0.25) is 0 Å². The van der Waals surface area contributed by atoms with E-state index in [0.717, 1.165) is 41.9 Å². The molecule has 1 aliphatic carbocycles. The Morgan fingerprint density at radius 3 is 2.47 bits per heavy atom. The molecule has 1 N–H and O–H groups in total. The molecule has 1 aliphatic rings. The van der Waals surface area contributed by atoms with E-state index in [2.05, 4.69) is 12.2 Å². The second kappa shape index (κ2) is 8.95. The van der Waals surface area contributed by atoms with Gasteiger partial charge in [0.05, 0.1) is 12.3 Å². The quantitative estimate of drug-likeness (QED) is 0.502. The van der Waals surface area contributed by atoms with E-state index in [9.17, 15) is 9.59 Å². The fourth-order valence-electron chi connectivity index (χ4n) is 3.81. The normalized spacial score (nSPS) is 12.5. The van der Waals surface area contributed by atoms with Gasteiger partial charge in [-0.05, 0) is 59.9 Å². The number of hydrogen-bond donors (Lipinski definition) is 1. The highest BCUT2D eigenvalue weighted by molar-refractivity contribution is 6.12. The lowest BCUT2D eigenvalue weighted by atomic mass is 9.95. The molecule has 0 saturated carbocycles. The molecule has 4 rings (SSSR count). The van der Waals surface area contributed by atoms with E-state index >= 15 is 0 Å². The van der Waals surface area contributed by atoms with Crippen LogP contribution in [-0.4, -0.2) is 18.3 Å². The van der Waals surface area contributed by atoms with E-state index in [1.54, 1.807) is 12.1 Å². The number of amides is 1. The van der Waals surface area contributed by atoms with Crippen LogP contribution in [-0.2, 0) is 6.42 Å². The van der Waals surface area contributed by atoms with Crippen LogP contribution in [0.4, 0.5) is 5.69 Å². The predicted molar refractivity (Wildman–Crippen MR) is 119 cm³/mol. The maximum atomic E-state index is 12.6. The van der Waals surface area contributed by atoms with E-state index < -0.39 is 0 Å². The molecular weight excluding hydrogens is 374 g/mol. The summed E-state index contributed by atoms with van der Waals surface area (Å²) in [5.41, 5.74) is 4.88. The first-order valence-corrected chi connectivity index (χ1v) is 10.5. The molecule has 4 heteroatoms. The fraction of sp³-hybridized carbons (Fsp3) is 0.231. The summed E-state index contributed by atoms with van der Waals surface area (Å²) in [6.07, 6.45) is 3.30. The van der Waals surface area contributed by atoms with Crippen molar-refractivity contribution < 1.29 is 14.3 Å². The highest BCUT2D eigenvalue weighted by Crippen LogP contribution is 2.37. The van der Waals surface area contributed by atoms with Crippen LogP contribution in [0.1, 0.15) is 52.5 Å². The lowest BCUT2D eigenvalue weighted by Gasteiger charge is -2.14. The molecule has 0 unspecified atom stereocenters. The first-order valence-electron chi connectivity index (χ1n) is 10.5. The average Bonchev–Trinajstić information content (AvgIpc) is 3.17. The third-order valence-electron chi connectivity index (χ3n) is 5.41. The average molecular weight is 399 g/mol. The largest absolute Gasteiger partial charge is 0.494 e. The fourth-order valence-corrected chi connectivity index (χ4v) is 3.81. The molecule has 3 aromatic rings. The second-order valence-electron chi connectivity index (χ2n) is 7.48. The van der Waals surface area contributed by atoms with Gasteiger partial charge >= 0.3 is 0 Å². The smallest absolute Gasteiger partial charge is 0.255 e. The molecule has 1 amide bonds. The Bertz CT molecular complexity index is 1060. The molecule has 152 valence electrons. The number of fused-ring (bicyclic) bond motifs is 1. The van der Waals surface area contributed by atoms with Gasteiger partial charge < -0.3 is 10.1 Å². The van der Waals surface area contributed by atoms with Crippen LogP contribution in [0, 0.1) is 0 Å². The van der Waals surface area contributed by atoms with Gasteiger partial charge in [-0.1, -0.05) is 49.7 Å². The standard InChI is InChI=1S/C26H25NO3/c1-2-3-17-30-20-11-9-18(10-12-20)21-13-15-23(25-22(21)14-16-24(25)28)27-26(29)19-7-5-4-6-8-19/h4-13,15H,2-3,14,16-17H2,1H3,(H,27,29). The molecule has 4 nitrogen and oxygen atoms in total. The van der Waals surface area contributed by atoms with Crippen LogP contribution in [0.3, 0.4) is 0 Å². The Balaban J connectivity index is 1.61.